The summed E-state index contributed by atoms with van der Waals surface area (Å²) in [5.41, 5.74) is 3.17. The molecule has 0 aromatic heterocycles. The number of hydrogen-bond donors (Lipinski definition) is 1. The molecule has 0 bridgehead atoms. The van der Waals surface area contributed by atoms with Crippen LogP contribution < -0.4 is 10.2 Å². The predicted molar refractivity (Wildman–Crippen MR) is 128 cm³/mol. The second-order valence-electron chi connectivity index (χ2n) is 7.10. The highest BCUT2D eigenvalue weighted by Gasteiger charge is 2.42. The van der Waals surface area contributed by atoms with E-state index in [1.165, 1.54) is 9.80 Å². The molecule has 6 nitrogen and oxygen atoms in total. The van der Waals surface area contributed by atoms with Crippen molar-refractivity contribution >= 4 is 63.0 Å². The van der Waals surface area contributed by atoms with Crippen molar-refractivity contribution in [2.45, 2.75) is 6.92 Å². The number of amides is 3. The van der Waals surface area contributed by atoms with Crippen molar-refractivity contribution in [2.24, 2.45) is 0 Å². The van der Waals surface area contributed by atoms with Gasteiger partial charge in [0.05, 0.1) is 16.2 Å². The van der Waals surface area contributed by atoms with Crippen molar-refractivity contribution in [3.8, 4) is 0 Å². The van der Waals surface area contributed by atoms with Crippen molar-refractivity contribution in [1.29, 1.82) is 0 Å². The van der Waals surface area contributed by atoms with Crippen LogP contribution in [-0.4, -0.2) is 40.0 Å². The zero-order valence-electron chi connectivity index (χ0n) is 16.8. The van der Waals surface area contributed by atoms with Crippen molar-refractivity contribution < 1.29 is 14.4 Å². The van der Waals surface area contributed by atoms with Crippen LogP contribution >= 0.6 is 24.0 Å². The number of nitrogens with one attached hydrogen (secondary N) is 1. The molecule has 2 aromatic rings. The Bertz CT molecular complexity index is 1170. The van der Waals surface area contributed by atoms with E-state index in [1.807, 2.05) is 25.1 Å². The molecule has 0 saturated carbocycles. The Balaban J connectivity index is 1.65. The Kier molecular flexibility index (Phi) is 5.75. The summed E-state index contributed by atoms with van der Waals surface area (Å²) in [5, 5.41) is 2.82. The van der Waals surface area contributed by atoms with Crippen LogP contribution in [0.5, 0.6) is 0 Å². The molecule has 0 atom stereocenters. The minimum atomic E-state index is -0.389. The summed E-state index contributed by atoms with van der Waals surface area (Å²) in [4.78, 5) is 42.0. The second kappa shape index (κ2) is 8.49. The molecule has 0 unspecified atom stereocenters. The van der Waals surface area contributed by atoms with Gasteiger partial charge in [0.15, 0.2) is 0 Å². The molecule has 0 spiro atoms. The van der Waals surface area contributed by atoms with Crippen LogP contribution in [0.1, 0.15) is 11.1 Å². The molecule has 3 amide bonds. The highest BCUT2D eigenvalue weighted by molar-refractivity contribution is 8.26. The van der Waals surface area contributed by atoms with Gasteiger partial charge in [0, 0.05) is 17.8 Å². The van der Waals surface area contributed by atoms with Crippen LogP contribution in [0, 0.1) is 6.92 Å². The summed E-state index contributed by atoms with van der Waals surface area (Å²) < 4.78 is 0.383. The molecule has 4 rings (SSSR count). The smallest absolute Gasteiger partial charge is 0.267 e. The quantitative estimate of drug-likeness (QED) is 0.428. The third-order valence-electron chi connectivity index (χ3n) is 4.91. The number of thioether (sulfide) groups is 1. The van der Waals surface area contributed by atoms with Gasteiger partial charge in [-0.2, -0.15) is 0 Å². The molecule has 2 aliphatic heterocycles. The Morgan fingerprint density at radius 2 is 1.90 bits per heavy atom. The number of thiocarbonyl (C=S) groups is 1. The van der Waals surface area contributed by atoms with Gasteiger partial charge in [0.2, 0.25) is 5.91 Å². The fraction of sp³-hybridized carbons (Fsp3) is 0.130. The molecule has 1 fully saturated rings. The Hall–Kier alpha value is -3.23. The van der Waals surface area contributed by atoms with Gasteiger partial charge in [-0.05, 0) is 30.7 Å². The third-order valence-corrected chi connectivity index (χ3v) is 6.36. The summed E-state index contributed by atoms with van der Waals surface area (Å²) in [5.74, 6) is -1.03. The molecule has 2 heterocycles. The zero-order chi connectivity index (χ0) is 22.1. The molecule has 156 valence electrons. The van der Waals surface area contributed by atoms with Crippen LogP contribution in [0.15, 0.2) is 66.1 Å². The molecular weight excluding hydrogens is 430 g/mol. The number of hydrogen-bond acceptors (Lipinski definition) is 5. The Morgan fingerprint density at radius 3 is 2.65 bits per heavy atom. The van der Waals surface area contributed by atoms with E-state index in [9.17, 15) is 14.4 Å². The summed E-state index contributed by atoms with van der Waals surface area (Å²) >= 11 is 6.42. The lowest BCUT2D eigenvalue weighted by Gasteiger charge is -2.17. The first-order valence-corrected chi connectivity index (χ1v) is 10.8. The Morgan fingerprint density at radius 1 is 1.13 bits per heavy atom. The van der Waals surface area contributed by atoms with Crippen molar-refractivity contribution in [1.82, 2.24) is 4.90 Å². The third kappa shape index (κ3) is 3.92. The van der Waals surface area contributed by atoms with Gasteiger partial charge in [-0.15, -0.1) is 6.58 Å². The van der Waals surface area contributed by atoms with E-state index in [0.717, 1.165) is 17.3 Å². The number of nitrogens with zero attached hydrogens (tertiary/aromatic N) is 2. The van der Waals surface area contributed by atoms with Crippen molar-refractivity contribution in [3.63, 3.8) is 0 Å². The molecule has 2 aromatic carbocycles. The van der Waals surface area contributed by atoms with Gasteiger partial charge in [-0.1, -0.05) is 60.4 Å². The maximum Gasteiger partial charge on any atom is 0.267 e. The van der Waals surface area contributed by atoms with Crippen LogP contribution in [0.25, 0.3) is 5.57 Å². The maximum absolute atomic E-state index is 13.3. The number of carbonyl (C=O) groups is 3. The number of anilines is 2. The summed E-state index contributed by atoms with van der Waals surface area (Å²) in [7, 11) is 0. The molecule has 1 saturated heterocycles. The van der Waals surface area contributed by atoms with Gasteiger partial charge < -0.3 is 5.32 Å². The van der Waals surface area contributed by atoms with Crippen LogP contribution in [0.3, 0.4) is 0 Å². The number of carbonyl (C=O) groups excluding carboxylic acids is 3. The highest BCUT2D eigenvalue weighted by Crippen LogP contribution is 2.44. The van der Waals surface area contributed by atoms with E-state index in [2.05, 4.69) is 11.9 Å². The minimum absolute atomic E-state index is 0.166. The van der Waals surface area contributed by atoms with Crippen LogP contribution in [0.2, 0.25) is 0 Å². The lowest BCUT2D eigenvalue weighted by atomic mass is 10.1. The van der Waals surface area contributed by atoms with Gasteiger partial charge in [-0.3, -0.25) is 24.2 Å². The van der Waals surface area contributed by atoms with Crippen molar-refractivity contribution in [3.05, 3.63) is 77.2 Å². The normalized spacial score (nSPS) is 17.9. The van der Waals surface area contributed by atoms with Crippen LogP contribution in [0.4, 0.5) is 11.4 Å². The molecule has 2 aliphatic rings. The standard InChI is InChI=1S/C23H19N3O3S2/c1-3-11-25-22(29)20(31-23(25)30)19-16-9-4-5-10-17(16)26(21(19)28)13-18(27)24-15-8-6-7-14(2)12-15/h3-10,12H,1,11,13H2,2H3,(H,24,27)/b20-19+. The van der Waals surface area contributed by atoms with Gasteiger partial charge >= 0.3 is 0 Å². The lowest BCUT2D eigenvalue weighted by molar-refractivity contribution is -0.122. The van der Waals surface area contributed by atoms with E-state index < -0.39 is 0 Å². The maximum atomic E-state index is 13.3. The largest absolute Gasteiger partial charge is 0.325 e. The van der Waals surface area contributed by atoms with Crippen molar-refractivity contribution in [2.75, 3.05) is 23.3 Å². The average molecular weight is 450 g/mol. The van der Waals surface area contributed by atoms with Gasteiger partial charge in [0.1, 0.15) is 10.9 Å². The van der Waals surface area contributed by atoms with E-state index in [1.54, 1.807) is 36.4 Å². The van der Waals surface area contributed by atoms with Gasteiger partial charge in [-0.25, -0.2) is 0 Å². The number of fused-ring (bicyclic) bond motifs is 1. The molecule has 8 heteroatoms. The molecule has 1 N–H and O–H groups in total. The first-order chi connectivity index (χ1) is 14.9. The Labute approximate surface area is 189 Å². The van der Waals surface area contributed by atoms with Crippen LogP contribution in [-0.2, 0) is 14.4 Å². The van der Waals surface area contributed by atoms with Gasteiger partial charge in [0.25, 0.3) is 11.8 Å². The second-order valence-corrected chi connectivity index (χ2v) is 8.75. The minimum Gasteiger partial charge on any atom is -0.325 e. The molecular formula is C23H19N3O3S2. The highest BCUT2D eigenvalue weighted by atomic mass is 32.2. The number of para-hydroxylation sites is 1. The average Bonchev–Trinajstić information content (AvgIpc) is 3.16. The molecule has 0 radical (unpaired) electrons. The first-order valence-electron chi connectivity index (χ1n) is 9.57. The monoisotopic (exact) mass is 449 g/mol. The van der Waals surface area contributed by atoms with E-state index in [-0.39, 0.29) is 41.3 Å². The molecule has 0 aliphatic carbocycles. The van der Waals surface area contributed by atoms with E-state index in [0.29, 0.717) is 21.3 Å². The fourth-order valence-electron chi connectivity index (χ4n) is 3.56. The summed E-state index contributed by atoms with van der Waals surface area (Å²) in [6.07, 6.45) is 1.59. The SMILES string of the molecule is C=CCN1C(=O)/C(=C2\C(=O)N(CC(=O)Nc3cccc(C)c3)c3ccccc32)SC1=S. The number of benzene rings is 2. The molecule has 31 heavy (non-hydrogen) atoms. The summed E-state index contributed by atoms with van der Waals surface area (Å²) in [6, 6.07) is 14.6. The topological polar surface area (TPSA) is 69.7 Å². The van der Waals surface area contributed by atoms with E-state index >= 15 is 0 Å². The van der Waals surface area contributed by atoms with E-state index in [4.69, 9.17) is 12.2 Å². The zero-order valence-corrected chi connectivity index (χ0v) is 18.4. The number of aryl methyl sites for hydroxylation is 1. The fourth-order valence-corrected chi connectivity index (χ4v) is 4.91. The lowest BCUT2D eigenvalue weighted by Crippen LogP contribution is -2.35. The first kappa shape index (κ1) is 21.0. The predicted octanol–water partition coefficient (Wildman–Crippen LogP) is 3.74. The number of rotatable bonds is 5. The summed E-state index contributed by atoms with van der Waals surface area (Å²) in [6.45, 7) is 5.70.